The second-order valence-corrected chi connectivity index (χ2v) is 5.73. The molecule has 7 heteroatoms. The summed E-state index contributed by atoms with van der Waals surface area (Å²) < 4.78 is 16.4. The molecule has 6 nitrogen and oxygen atoms in total. The van der Waals surface area contributed by atoms with Gasteiger partial charge in [0.25, 0.3) is 0 Å². The lowest BCUT2D eigenvalue weighted by Gasteiger charge is -2.12. The fourth-order valence-corrected chi connectivity index (χ4v) is 2.11. The molecule has 1 fully saturated rings. The Morgan fingerprint density at radius 3 is 2.48 bits per heavy atom. The van der Waals surface area contributed by atoms with Gasteiger partial charge >= 0.3 is 0 Å². The number of guanidine groups is 1. The van der Waals surface area contributed by atoms with E-state index in [1.807, 2.05) is 24.3 Å². The largest absolute Gasteiger partial charge is 0.497 e. The molecule has 1 aromatic rings. The van der Waals surface area contributed by atoms with Crippen molar-refractivity contribution in [1.29, 1.82) is 0 Å². The Balaban J connectivity index is 0.00000312. The maximum absolute atomic E-state index is 5.68. The first-order valence-corrected chi connectivity index (χ1v) is 8.68. The normalized spacial score (nSPS) is 13.8. The summed E-state index contributed by atoms with van der Waals surface area (Å²) in [6.45, 7) is 6.35. The molecule has 25 heavy (non-hydrogen) atoms. The predicted molar refractivity (Wildman–Crippen MR) is 111 cm³/mol. The van der Waals surface area contributed by atoms with Crippen LogP contribution in [0.25, 0.3) is 0 Å². The lowest BCUT2D eigenvalue weighted by Crippen LogP contribution is -2.39. The Bertz CT molecular complexity index is 493. The molecule has 142 valence electrons. The van der Waals surface area contributed by atoms with Crippen molar-refractivity contribution in [2.75, 3.05) is 46.6 Å². The van der Waals surface area contributed by atoms with Crippen molar-refractivity contribution in [2.24, 2.45) is 10.9 Å². The molecule has 0 spiro atoms. The molecule has 0 aliphatic heterocycles. The number of hydrogen-bond donors (Lipinski definition) is 2. The molecule has 0 amide bonds. The summed E-state index contributed by atoms with van der Waals surface area (Å²) in [5.74, 6) is 3.25. The lowest BCUT2D eigenvalue weighted by atomic mass is 10.3. The molecule has 0 atom stereocenters. The van der Waals surface area contributed by atoms with Crippen LogP contribution in [-0.2, 0) is 4.74 Å². The highest BCUT2D eigenvalue weighted by molar-refractivity contribution is 14.0. The van der Waals surface area contributed by atoms with Crippen LogP contribution in [0.15, 0.2) is 29.3 Å². The van der Waals surface area contributed by atoms with E-state index in [0.29, 0.717) is 26.3 Å². The van der Waals surface area contributed by atoms with Gasteiger partial charge in [0.05, 0.1) is 26.8 Å². The van der Waals surface area contributed by atoms with Crippen LogP contribution >= 0.6 is 24.0 Å². The number of halogens is 1. The molecular weight excluding hydrogens is 433 g/mol. The molecule has 1 aliphatic carbocycles. The Hall–Kier alpha value is -1.22. The van der Waals surface area contributed by atoms with Crippen LogP contribution in [0.5, 0.6) is 11.5 Å². The number of hydrogen-bond acceptors (Lipinski definition) is 4. The van der Waals surface area contributed by atoms with Gasteiger partial charge in [0, 0.05) is 13.2 Å². The van der Waals surface area contributed by atoms with E-state index in [4.69, 9.17) is 14.2 Å². The third kappa shape index (κ3) is 9.74. The minimum absolute atomic E-state index is 0. The van der Waals surface area contributed by atoms with Crippen molar-refractivity contribution in [3.63, 3.8) is 0 Å². The Morgan fingerprint density at radius 1 is 1.12 bits per heavy atom. The second kappa shape index (κ2) is 13.0. The Labute approximate surface area is 167 Å². The van der Waals surface area contributed by atoms with Crippen LogP contribution in [-0.4, -0.2) is 52.5 Å². The zero-order valence-corrected chi connectivity index (χ0v) is 17.5. The fourth-order valence-electron chi connectivity index (χ4n) is 2.11. The van der Waals surface area contributed by atoms with Crippen molar-refractivity contribution < 1.29 is 14.2 Å². The van der Waals surface area contributed by atoms with Crippen LogP contribution in [0.4, 0.5) is 0 Å². The SMILES string of the molecule is CCNC(=NCCOCC1CC1)NCCOc1ccc(OC)cc1.I. The number of ether oxygens (including phenoxy) is 3. The van der Waals surface area contributed by atoms with E-state index in [2.05, 4.69) is 22.5 Å². The summed E-state index contributed by atoms with van der Waals surface area (Å²) in [6, 6.07) is 7.57. The molecule has 1 aromatic carbocycles. The van der Waals surface area contributed by atoms with Gasteiger partial charge in [0.15, 0.2) is 5.96 Å². The van der Waals surface area contributed by atoms with Crippen LogP contribution in [0, 0.1) is 5.92 Å². The first-order valence-electron chi connectivity index (χ1n) is 8.68. The molecule has 1 aliphatic rings. The average molecular weight is 463 g/mol. The molecule has 0 unspecified atom stereocenters. The first kappa shape index (κ1) is 21.8. The van der Waals surface area contributed by atoms with Gasteiger partial charge in [-0.1, -0.05) is 0 Å². The number of benzene rings is 1. The molecule has 0 saturated heterocycles. The first-order chi connectivity index (χ1) is 11.8. The van der Waals surface area contributed by atoms with E-state index in [1.165, 1.54) is 12.8 Å². The van der Waals surface area contributed by atoms with Crippen molar-refractivity contribution in [1.82, 2.24) is 10.6 Å². The van der Waals surface area contributed by atoms with E-state index in [0.717, 1.165) is 36.5 Å². The van der Waals surface area contributed by atoms with Crippen LogP contribution in [0.1, 0.15) is 19.8 Å². The Morgan fingerprint density at radius 2 is 1.84 bits per heavy atom. The smallest absolute Gasteiger partial charge is 0.191 e. The zero-order valence-electron chi connectivity index (χ0n) is 15.1. The van der Waals surface area contributed by atoms with Crippen molar-refractivity contribution in [3.8, 4) is 11.5 Å². The second-order valence-electron chi connectivity index (χ2n) is 5.73. The third-order valence-electron chi connectivity index (χ3n) is 3.62. The highest BCUT2D eigenvalue weighted by atomic mass is 127. The van der Waals surface area contributed by atoms with E-state index in [9.17, 15) is 0 Å². The summed E-state index contributed by atoms with van der Waals surface area (Å²) in [5, 5.41) is 6.48. The van der Waals surface area contributed by atoms with Gasteiger partial charge in [-0.15, -0.1) is 24.0 Å². The molecule has 1 saturated carbocycles. The minimum Gasteiger partial charge on any atom is -0.497 e. The quantitative estimate of drug-likeness (QED) is 0.229. The lowest BCUT2D eigenvalue weighted by molar-refractivity contribution is 0.131. The highest BCUT2D eigenvalue weighted by Gasteiger charge is 2.20. The topological polar surface area (TPSA) is 64.1 Å². The molecule has 0 bridgehead atoms. The zero-order chi connectivity index (χ0) is 17.0. The van der Waals surface area contributed by atoms with Gasteiger partial charge in [-0.05, 0) is 49.9 Å². The van der Waals surface area contributed by atoms with Gasteiger partial charge in [0.2, 0.25) is 0 Å². The standard InChI is InChI=1S/C18H29N3O3.HI/c1-3-19-18(20-10-12-23-14-15-4-5-15)21-11-13-24-17-8-6-16(22-2)7-9-17;/h6-9,15H,3-5,10-14H2,1-2H3,(H2,19,20,21);1H. The molecule has 2 N–H and O–H groups in total. The predicted octanol–water partition coefficient (Wildman–Crippen LogP) is 2.67. The third-order valence-corrected chi connectivity index (χ3v) is 3.62. The number of nitrogens with zero attached hydrogens (tertiary/aromatic N) is 1. The van der Waals surface area contributed by atoms with E-state index >= 15 is 0 Å². The van der Waals surface area contributed by atoms with E-state index in [1.54, 1.807) is 7.11 Å². The molecule has 2 rings (SSSR count). The van der Waals surface area contributed by atoms with Crippen LogP contribution in [0.3, 0.4) is 0 Å². The molecule has 0 heterocycles. The number of nitrogens with one attached hydrogen (secondary N) is 2. The van der Waals surface area contributed by atoms with Crippen LogP contribution in [0.2, 0.25) is 0 Å². The molecule has 0 radical (unpaired) electrons. The highest BCUT2D eigenvalue weighted by Crippen LogP contribution is 2.28. The van der Waals surface area contributed by atoms with E-state index < -0.39 is 0 Å². The number of rotatable bonds is 11. The molecular formula is C18H30IN3O3. The monoisotopic (exact) mass is 463 g/mol. The summed E-state index contributed by atoms with van der Waals surface area (Å²) >= 11 is 0. The molecule has 0 aromatic heterocycles. The van der Waals surface area contributed by atoms with Gasteiger partial charge in [-0.25, -0.2) is 0 Å². The summed E-state index contributed by atoms with van der Waals surface area (Å²) in [4.78, 5) is 4.50. The number of methoxy groups -OCH3 is 1. The van der Waals surface area contributed by atoms with Crippen molar-refractivity contribution >= 4 is 29.9 Å². The fraction of sp³-hybridized carbons (Fsp3) is 0.611. The average Bonchev–Trinajstić information content (AvgIpc) is 3.43. The van der Waals surface area contributed by atoms with Crippen molar-refractivity contribution in [3.05, 3.63) is 24.3 Å². The van der Waals surface area contributed by atoms with E-state index in [-0.39, 0.29) is 24.0 Å². The maximum Gasteiger partial charge on any atom is 0.191 e. The summed E-state index contributed by atoms with van der Waals surface area (Å²) in [5.41, 5.74) is 0. The summed E-state index contributed by atoms with van der Waals surface area (Å²) in [6.07, 6.45) is 2.64. The number of aliphatic imine (C=N–C) groups is 1. The maximum atomic E-state index is 5.68. The Kier molecular flexibility index (Phi) is 11.4. The van der Waals surface area contributed by atoms with Crippen molar-refractivity contribution in [2.45, 2.75) is 19.8 Å². The van der Waals surface area contributed by atoms with Gasteiger partial charge in [0.1, 0.15) is 18.1 Å². The van der Waals surface area contributed by atoms with Gasteiger partial charge in [-0.3, -0.25) is 4.99 Å². The minimum atomic E-state index is 0. The van der Waals surface area contributed by atoms with Crippen LogP contribution < -0.4 is 20.1 Å². The summed E-state index contributed by atoms with van der Waals surface area (Å²) in [7, 11) is 1.65. The van der Waals surface area contributed by atoms with Gasteiger partial charge < -0.3 is 24.8 Å². The van der Waals surface area contributed by atoms with Gasteiger partial charge in [-0.2, -0.15) is 0 Å².